The highest BCUT2D eigenvalue weighted by molar-refractivity contribution is 5.50. The molecule has 0 saturated carbocycles. The lowest BCUT2D eigenvalue weighted by Gasteiger charge is -1.99. The molecule has 4 N–H and O–H groups in total. The van der Waals surface area contributed by atoms with E-state index in [2.05, 4.69) is 9.97 Å². The van der Waals surface area contributed by atoms with Crippen LogP contribution in [-0.2, 0) is 6.54 Å². The standard InChI is InChI=1S/C20H19N3O3/c1-26-16-8-6-14(7-9-16)11-18-20(25)22-17(19(24)23-18)10-13-2-4-15(12-21)5-3-13/h2-11H,12,21H2,1H3,(H,22,25)(H,23,24). The molecule has 0 aliphatic heterocycles. The molecule has 132 valence electrons. The normalized spacial score (nSPS) is 12.4. The van der Waals surface area contributed by atoms with Gasteiger partial charge in [-0.25, -0.2) is 0 Å². The van der Waals surface area contributed by atoms with Crippen molar-refractivity contribution in [2.24, 2.45) is 5.73 Å². The number of aromatic nitrogens is 2. The molecule has 2 aromatic carbocycles. The summed E-state index contributed by atoms with van der Waals surface area (Å²) in [6.45, 7) is 0.452. The Balaban J connectivity index is 2.02. The van der Waals surface area contributed by atoms with Gasteiger partial charge in [-0.2, -0.15) is 0 Å². The summed E-state index contributed by atoms with van der Waals surface area (Å²) in [6, 6.07) is 14.6. The lowest BCUT2D eigenvalue weighted by atomic mass is 10.1. The van der Waals surface area contributed by atoms with E-state index >= 15 is 0 Å². The number of nitrogens with one attached hydrogen (secondary N) is 2. The molecular formula is C20H19N3O3. The fourth-order valence-corrected chi connectivity index (χ4v) is 2.48. The van der Waals surface area contributed by atoms with Crippen LogP contribution in [0.4, 0.5) is 0 Å². The van der Waals surface area contributed by atoms with E-state index in [0.29, 0.717) is 6.54 Å². The predicted octanol–water partition coefficient (Wildman–Crippen LogP) is 0.188. The Morgan fingerprint density at radius 2 is 1.31 bits per heavy atom. The number of benzene rings is 2. The maximum atomic E-state index is 12.3. The second-order valence-corrected chi connectivity index (χ2v) is 5.74. The van der Waals surface area contributed by atoms with Crippen molar-refractivity contribution < 1.29 is 4.74 Å². The van der Waals surface area contributed by atoms with Gasteiger partial charge in [0, 0.05) is 6.54 Å². The van der Waals surface area contributed by atoms with Gasteiger partial charge in [0.1, 0.15) is 16.4 Å². The summed E-state index contributed by atoms with van der Waals surface area (Å²) in [5.74, 6) is 0.718. The second-order valence-electron chi connectivity index (χ2n) is 5.74. The SMILES string of the molecule is COc1ccc(C=c2[nH]c(=O)c(=Cc3ccc(CN)cc3)[nH]c2=O)cc1. The summed E-state index contributed by atoms with van der Waals surface area (Å²) in [5, 5.41) is 0.387. The molecule has 0 spiro atoms. The van der Waals surface area contributed by atoms with Crippen molar-refractivity contribution in [1.82, 2.24) is 9.97 Å². The van der Waals surface area contributed by atoms with Gasteiger partial charge in [0.25, 0.3) is 11.1 Å². The summed E-state index contributed by atoms with van der Waals surface area (Å²) in [6.07, 6.45) is 3.23. The van der Waals surface area contributed by atoms with Crippen molar-refractivity contribution in [3.05, 3.63) is 96.6 Å². The lowest BCUT2D eigenvalue weighted by Crippen LogP contribution is -2.46. The van der Waals surface area contributed by atoms with Crippen molar-refractivity contribution >= 4 is 12.2 Å². The molecule has 0 aliphatic rings. The minimum absolute atomic E-state index is 0.191. The zero-order chi connectivity index (χ0) is 18.5. The molecule has 3 rings (SSSR count). The highest BCUT2D eigenvalue weighted by Crippen LogP contribution is 2.11. The Kier molecular flexibility index (Phi) is 5.15. The average Bonchev–Trinajstić information content (AvgIpc) is 2.67. The zero-order valence-corrected chi connectivity index (χ0v) is 14.3. The number of rotatable bonds is 4. The predicted molar refractivity (Wildman–Crippen MR) is 101 cm³/mol. The molecule has 0 fully saturated rings. The van der Waals surface area contributed by atoms with E-state index in [0.717, 1.165) is 22.4 Å². The molecule has 0 amide bonds. The second kappa shape index (κ2) is 7.67. The molecule has 0 bridgehead atoms. The number of methoxy groups -OCH3 is 1. The molecule has 0 aliphatic carbocycles. The molecule has 0 radical (unpaired) electrons. The molecule has 26 heavy (non-hydrogen) atoms. The van der Waals surface area contributed by atoms with E-state index in [1.54, 1.807) is 43.5 Å². The van der Waals surface area contributed by atoms with Crippen LogP contribution >= 0.6 is 0 Å². The first-order valence-corrected chi connectivity index (χ1v) is 8.08. The molecule has 0 atom stereocenters. The third-order valence-corrected chi connectivity index (χ3v) is 3.94. The number of H-pyrrole nitrogens is 2. The smallest absolute Gasteiger partial charge is 0.272 e. The molecule has 0 unspecified atom stereocenters. The Morgan fingerprint density at radius 1 is 0.846 bits per heavy atom. The highest BCUT2D eigenvalue weighted by atomic mass is 16.5. The number of ether oxygens (including phenoxy) is 1. The molecule has 6 nitrogen and oxygen atoms in total. The quantitative estimate of drug-likeness (QED) is 0.626. The summed E-state index contributed by atoms with van der Waals surface area (Å²) in [4.78, 5) is 29.8. The van der Waals surface area contributed by atoms with Crippen LogP contribution in [-0.4, -0.2) is 17.1 Å². The van der Waals surface area contributed by atoms with E-state index in [1.807, 2.05) is 24.3 Å². The summed E-state index contributed by atoms with van der Waals surface area (Å²) in [5.41, 5.74) is 7.41. The Bertz CT molecular complexity index is 1030. The fourth-order valence-electron chi connectivity index (χ4n) is 2.48. The first-order chi connectivity index (χ1) is 12.6. The van der Waals surface area contributed by atoms with Gasteiger partial charge in [-0.3, -0.25) is 9.59 Å². The van der Waals surface area contributed by atoms with Gasteiger partial charge in [-0.1, -0.05) is 36.4 Å². The fraction of sp³-hybridized carbons (Fsp3) is 0.100. The van der Waals surface area contributed by atoms with Crippen molar-refractivity contribution in [2.45, 2.75) is 6.54 Å². The van der Waals surface area contributed by atoms with E-state index in [9.17, 15) is 9.59 Å². The third kappa shape index (κ3) is 3.99. The zero-order valence-electron chi connectivity index (χ0n) is 14.3. The van der Waals surface area contributed by atoms with Gasteiger partial charge in [0.15, 0.2) is 0 Å². The molecular weight excluding hydrogens is 330 g/mol. The van der Waals surface area contributed by atoms with Crippen LogP contribution in [0.15, 0.2) is 58.1 Å². The Hall–Kier alpha value is -3.38. The minimum Gasteiger partial charge on any atom is -0.497 e. The molecule has 3 aromatic rings. The van der Waals surface area contributed by atoms with E-state index in [1.165, 1.54) is 0 Å². The Labute approximate surface area is 149 Å². The summed E-state index contributed by atoms with van der Waals surface area (Å²) in [7, 11) is 1.58. The van der Waals surface area contributed by atoms with E-state index < -0.39 is 0 Å². The van der Waals surface area contributed by atoms with Gasteiger partial charge >= 0.3 is 0 Å². The van der Waals surface area contributed by atoms with Crippen molar-refractivity contribution in [3.63, 3.8) is 0 Å². The summed E-state index contributed by atoms with van der Waals surface area (Å²) >= 11 is 0. The third-order valence-electron chi connectivity index (χ3n) is 3.94. The van der Waals surface area contributed by atoms with Gasteiger partial charge in [0.05, 0.1) is 7.11 Å². The summed E-state index contributed by atoms with van der Waals surface area (Å²) < 4.78 is 5.10. The first-order valence-electron chi connectivity index (χ1n) is 8.08. The molecule has 1 heterocycles. The largest absolute Gasteiger partial charge is 0.497 e. The van der Waals surface area contributed by atoms with E-state index in [4.69, 9.17) is 10.5 Å². The van der Waals surface area contributed by atoms with Gasteiger partial charge in [-0.15, -0.1) is 0 Å². The topological polar surface area (TPSA) is 101 Å². The average molecular weight is 349 g/mol. The minimum atomic E-state index is -0.370. The number of hydrogen-bond acceptors (Lipinski definition) is 4. The Morgan fingerprint density at radius 3 is 1.73 bits per heavy atom. The van der Waals surface area contributed by atoms with Crippen LogP contribution < -0.4 is 32.3 Å². The number of hydrogen-bond donors (Lipinski definition) is 3. The maximum Gasteiger partial charge on any atom is 0.272 e. The maximum absolute atomic E-state index is 12.3. The van der Waals surface area contributed by atoms with Crippen LogP contribution in [0.1, 0.15) is 16.7 Å². The molecule has 6 heteroatoms. The number of aromatic amines is 2. The molecule has 0 saturated heterocycles. The van der Waals surface area contributed by atoms with Gasteiger partial charge < -0.3 is 20.4 Å². The first kappa shape index (κ1) is 17.4. The van der Waals surface area contributed by atoms with Crippen molar-refractivity contribution in [2.75, 3.05) is 7.11 Å². The van der Waals surface area contributed by atoms with E-state index in [-0.39, 0.29) is 21.8 Å². The lowest BCUT2D eigenvalue weighted by molar-refractivity contribution is 0.415. The van der Waals surface area contributed by atoms with Gasteiger partial charge in [-0.05, 0) is 41.0 Å². The van der Waals surface area contributed by atoms with Gasteiger partial charge in [0.2, 0.25) is 0 Å². The van der Waals surface area contributed by atoms with Crippen molar-refractivity contribution in [3.8, 4) is 5.75 Å². The number of nitrogens with two attached hydrogens (primary N) is 1. The van der Waals surface area contributed by atoms with Crippen LogP contribution in [0, 0.1) is 0 Å². The highest BCUT2D eigenvalue weighted by Gasteiger charge is 1.98. The van der Waals surface area contributed by atoms with Crippen LogP contribution in [0.25, 0.3) is 12.2 Å². The van der Waals surface area contributed by atoms with Crippen molar-refractivity contribution in [1.29, 1.82) is 0 Å². The monoisotopic (exact) mass is 349 g/mol. The molecule has 1 aromatic heterocycles. The van der Waals surface area contributed by atoms with Crippen LogP contribution in [0.3, 0.4) is 0 Å². The van der Waals surface area contributed by atoms with Crippen LogP contribution in [0.2, 0.25) is 0 Å². The van der Waals surface area contributed by atoms with Crippen LogP contribution in [0.5, 0.6) is 5.75 Å².